The number of aromatic nitrogens is 5. The van der Waals surface area contributed by atoms with Crippen molar-refractivity contribution in [1.29, 1.82) is 0 Å². The van der Waals surface area contributed by atoms with Gasteiger partial charge in [0.05, 0.1) is 22.2 Å². The number of nitrogens with zero attached hydrogens (tertiary/aromatic N) is 5. The van der Waals surface area contributed by atoms with Crippen molar-refractivity contribution >= 4 is 52.4 Å². The number of carbonyl (C=O) groups excluding carboxylic acids is 3. The van der Waals surface area contributed by atoms with Gasteiger partial charge in [-0.2, -0.15) is 0 Å². The average molecular weight is 901 g/mol. The zero-order valence-electron chi connectivity index (χ0n) is 35.4. The first-order valence-corrected chi connectivity index (χ1v) is 20.4. The van der Waals surface area contributed by atoms with Crippen LogP contribution in [0.1, 0.15) is 59.5 Å². The fourth-order valence-corrected chi connectivity index (χ4v) is 7.18. The van der Waals surface area contributed by atoms with Crippen LogP contribution in [0.15, 0.2) is 152 Å². The maximum Gasteiger partial charge on any atom is 0.215 e. The number of carbonyl (C=O) groups is 3. The molecule has 15 heteroatoms. The monoisotopic (exact) mass is 900 g/mol. The normalized spacial score (nSPS) is 13.4. The van der Waals surface area contributed by atoms with Gasteiger partial charge < -0.3 is 14.8 Å². The topological polar surface area (TPSA) is 143 Å². The van der Waals surface area contributed by atoms with E-state index in [4.69, 9.17) is 29.6 Å². The Balaban J connectivity index is 0.000000165. The van der Waals surface area contributed by atoms with Crippen molar-refractivity contribution < 1.29 is 32.8 Å². The predicted octanol–water partition coefficient (Wildman–Crippen LogP) is 10.9. The number of thiocarbonyl (C=S) groups is 1. The molecule has 0 radical (unpaired) electrons. The summed E-state index contributed by atoms with van der Waals surface area (Å²) in [6.45, 7) is 7.57. The summed E-state index contributed by atoms with van der Waals surface area (Å²) >= 11 is 10.4. The van der Waals surface area contributed by atoms with Gasteiger partial charge in [0, 0.05) is 83.3 Å². The molecular weight excluding hydrogens is 858 g/mol. The van der Waals surface area contributed by atoms with Gasteiger partial charge in [-0.3, -0.25) is 29.3 Å². The molecule has 4 heterocycles. The number of halogens is 3. The minimum atomic E-state index is -0.483. The molecule has 0 amide bonds. The van der Waals surface area contributed by atoms with E-state index in [9.17, 15) is 27.6 Å². The Bertz CT molecular complexity index is 2780. The van der Waals surface area contributed by atoms with Crippen LogP contribution in [-0.4, -0.2) is 57.6 Å². The molecule has 1 aliphatic rings. The van der Waals surface area contributed by atoms with E-state index < -0.39 is 11.6 Å². The average Bonchev–Trinajstić information content (AvgIpc) is 3.61. The summed E-state index contributed by atoms with van der Waals surface area (Å²) in [6.07, 6.45) is 10.0. The zero-order chi connectivity index (χ0) is 46.6. The van der Waals surface area contributed by atoms with Crippen LogP contribution < -0.4 is 0 Å². The summed E-state index contributed by atoms with van der Waals surface area (Å²) < 4.78 is 41.0. The van der Waals surface area contributed by atoms with Crippen LogP contribution in [0.2, 0.25) is 0 Å². The van der Waals surface area contributed by atoms with Gasteiger partial charge in [-0.25, -0.2) is 13.2 Å². The standard InChI is InChI=1S/C15H12FN3S.C13H9FN2O2.C13H10FNO.C8H12OS/c1-19-14(11-2-4-12(16)5-3-11)13(18-15(19)20)10-6-8-17-9-7-10;14-11-3-1-10(2-4-11)13(17)12(16-18)9-5-7-15-8-6-9;14-12-3-1-11(2-4-12)13(16)9-10-5-7-15-8-6-10;1-7(2)5(9)8(3,4)6(7)10/h2-9H,1H3,(H,18,20);1-8,18H;1-8H,9H2;1-4H3. The lowest BCUT2D eigenvalue weighted by molar-refractivity contribution is -0.134. The number of pyridine rings is 3. The molecule has 0 aliphatic heterocycles. The summed E-state index contributed by atoms with van der Waals surface area (Å²) in [6, 6.07) is 27.5. The highest BCUT2D eigenvalue weighted by molar-refractivity contribution is 7.81. The van der Waals surface area contributed by atoms with E-state index in [1.807, 2.05) is 51.4 Å². The highest BCUT2D eigenvalue weighted by Crippen LogP contribution is 2.47. The molecule has 7 aromatic rings. The van der Waals surface area contributed by atoms with Gasteiger partial charge in [0.15, 0.2) is 22.0 Å². The van der Waals surface area contributed by atoms with Gasteiger partial charge in [0.2, 0.25) is 5.78 Å². The molecule has 0 saturated heterocycles. The fraction of sp³-hybridized carbons (Fsp3) is 0.163. The number of oxime groups is 1. The van der Waals surface area contributed by atoms with E-state index in [0.717, 1.165) is 32.9 Å². The van der Waals surface area contributed by atoms with Gasteiger partial charge in [-0.05, 0) is 155 Å². The minimum Gasteiger partial charge on any atom is -0.410 e. The molecule has 0 spiro atoms. The maximum absolute atomic E-state index is 13.1. The molecule has 4 aromatic heterocycles. The molecule has 0 unspecified atom stereocenters. The third-order valence-electron chi connectivity index (χ3n) is 10.1. The van der Waals surface area contributed by atoms with Crippen molar-refractivity contribution in [3.05, 3.63) is 191 Å². The highest BCUT2D eigenvalue weighted by Gasteiger charge is 2.57. The summed E-state index contributed by atoms with van der Waals surface area (Å²) in [5.74, 6) is -1.26. The van der Waals surface area contributed by atoms with Crippen LogP contribution >= 0.6 is 24.4 Å². The predicted molar refractivity (Wildman–Crippen MR) is 246 cm³/mol. The molecule has 0 atom stereocenters. The van der Waals surface area contributed by atoms with Crippen LogP contribution in [0.4, 0.5) is 13.2 Å². The van der Waals surface area contributed by atoms with Crippen LogP contribution in [0.5, 0.6) is 0 Å². The van der Waals surface area contributed by atoms with Crippen LogP contribution in [0, 0.1) is 33.1 Å². The molecule has 2 N–H and O–H groups in total. The van der Waals surface area contributed by atoms with Gasteiger partial charge in [0.1, 0.15) is 17.5 Å². The van der Waals surface area contributed by atoms with E-state index in [2.05, 4.69) is 25.1 Å². The minimum absolute atomic E-state index is 0.0220. The number of nitrogens with one attached hydrogen (secondary N) is 1. The number of hydrogen-bond acceptors (Lipinski definition) is 10. The number of ketones is 3. The molecule has 1 saturated carbocycles. The Morgan fingerprint density at radius 2 is 1.08 bits per heavy atom. The summed E-state index contributed by atoms with van der Waals surface area (Å²) in [5, 5.41) is 11.9. The molecule has 8 rings (SSSR count). The van der Waals surface area contributed by atoms with E-state index in [-0.39, 0.29) is 45.3 Å². The molecule has 326 valence electrons. The molecule has 1 aliphatic carbocycles. The van der Waals surface area contributed by atoms with Gasteiger partial charge in [-0.1, -0.05) is 17.4 Å². The van der Waals surface area contributed by atoms with Crippen LogP contribution in [-0.2, 0) is 18.3 Å². The molecule has 64 heavy (non-hydrogen) atoms. The number of imidazole rings is 1. The molecule has 10 nitrogen and oxygen atoms in total. The van der Waals surface area contributed by atoms with Crippen molar-refractivity contribution in [2.75, 3.05) is 0 Å². The number of hydrogen-bond donors (Lipinski definition) is 2. The third kappa shape index (κ3) is 11.7. The second-order valence-electron chi connectivity index (χ2n) is 15.3. The lowest BCUT2D eigenvalue weighted by Crippen LogP contribution is -2.60. The Labute approximate surface area is 378 Å². The number of aromatic amines is 1. The van der Waals surface area contributed by atoms with E-state index >= 15 is 0 Å². The quantitative estimate of drug-likeness (QED) is 0.0501. The van der Waals surface area contributed by atoms with Crippen molar-refractivity contribution in [3.8, 4) is 22.5 Å². The van der Waals surface area contributed by atoms with Crippen LogP contribution in [0.3, 0.4) is 0 Å². The first-order valence-electron chi connectivity index (χ1n) is 19.6. The second kappa shape index (κ2) is 21.3. The van der Waals surface area contributed by atoms with Crippen molar-refractivity contribution in [1.82, 2.24) is 24.5 Å². The summed E-state index contributed by atoms with van der Waals surface area (Å²) in [5.41, 5.74) is 5.10. The number of rotatable bonds is 8. The number of Topliss-reactive ketones (excluding diaryl/α,β-unsaturated/α-hetero) is 3. The second-order valence-corrected chi connectivity index (χ2v) is 16.1. The van der Waals surface area contributed by atoms with Gasteiger partial charge in [-0.15, -0.1) is 0 Å². The fourth-order valence-electron chi connectivity index (χ4n) is 6.80. The highest BCUT2D eigenvalue weighted by atomic mass is 32.1. The SMILES string of the molecule is CC1(C)C(=O)C(C)(C)C1=S.Cn1c(-c2ccc(F)cc2)c(-c2ccncc2)[nH]c1=S.O=C(C(=NO)c1ccncc1)c1ccc(F)cc1.O=C(Cc1ccncc1)c1ccc(F)cc1. The first-order chi connectivity index (χ1) is 30.4. The lowest BCUT2D eigenvalue weighted by atomic mass is 9.55. The Hall–Kier alpha value is -7.10. The molecule has 0 bridgehead atoms. The Morgan fingerprint density at radius 1 is 0.641 bits per heavy atom. The molecule has 1 fully saturated rings. The van der Waals surface area contributed by atoms with E-state index in [1.165, 1.54) is 73.1 Å². The smallest absolute Gasteiger partial charge is 0.215 e. The number of H-pyrrole nitrogens is 1. The largest absolute Gasteiger partial charge is 0.410 e. The number of benzene rings is 3. The summed E-state index contributed by atoms with van der Waals surface area (Å²) in [7, 11) is 1.89. The first kappa shape index (κ1) is 47.9. The van der Waals surface area contributed by atoms with E-state index in [0.29, 0.717) is 22.3 Å². The lowest BCUT2D eigenvalue weighted by Gasteiger charge is -2.47. The van der Waals surface area contributed by atoms with E-state index in [1.54, 1.807) is 61.2 Å². The van der Waals surface area contributed by atoms with Crippen molar-refractivity contribution in [2.24, 2.45) is 23.0 Å². The van der Waals surface area contributed by atoms with Crippen LogP contribution in [0.25, 0.3) is 22.5 Å². The summed E-state index contributed by atoms with van der Waals surface area (Å²) in [4.78, 5) is 51.0. The van der Waals surface area contributed by atoms with Gasteiger partial charge >= 0.3 is 0 Å². The van der Waals surface area contributed by atoms with Crippen molar-refractivity contribution in [2.45, 2.75) is 34.1 Å². The molecule has 3 aromatic carbocycles. The third-order valence-corrected chi connectivity index (χ3v) is 11.5. The Kier molecular flexibility index (Phi) is 16.0. The van der Waals surface area contributed by atoms with Crippen molar-refractivity contribution in [3.63, 3.8) is 0 Å². The van der Waals surface area contributed by atoms with Gasteiger partial charge in [0.25, 0.3) is 0 Å². The Morgan fingerprint density at radius 3 is 1.53 bits per heavy atom. The zero-order valence-corrected chi connectivity index (χ0v) is 37.1. The maximum atomic E-state index is 13.1. The molecular formula is C49H43F3N6O4S2.